The number of carbonyl (C=O) groups is 1. The van der Waals surface area contributed by atoms with E-state index >= 15 is 0 Å². The number of hydrogen-bond donors (Lipinski definition) is 2. The zero-order valence-corrected chi connectivity index (χ0v) is 8.23. The van der Waals surface area contributed by atoms with Crippen LogP contribution in [0, 0.1) is 0 Å². The summed E-state index contributed by atoms with van der Waals surface area (Å²) in [5.41, 5.74) is 0.0684. The van der Waals surface area contributed by atoms with E-state index in [4.69, 9.17) is 0 Å². The van der Waals surface area contributed by atoms with Gasteiger partial charge in [0.15, 0.2) is 0 Å². The highest BCUT2D eigenvalue weighted by molar-refractivity contribution is 5.75. The summed E-state index contributed by atoms with van der Waals surface area (Å²) in [6.07, 6.45) is 7.07. The van der Waals surface area contributed by atoms with Gasteiger partial charge in [0, 0.05) is 11.6 Å². The fraction of sp³-hybridized carbons (Fsp3) is 0.900. The molecule has 0 unspecified atom stereocenters. The first kappa shape index (κ1) is 8.85. The van der Waals surface area contributed by atoms with Gasteiger partial charge < -0.3 is 10.6 Å². The van der Waals surface area contributed by atoms with E-state index in [1.54, 1.807) is 0 Å². The maximum Gasteiger partial charge on any atom is 0.315 e. The van der Waals surface area contributed by atoms with Gasteiger partial charge >= 0.3 is 6.03 Å². The molecular formula is C10H18N2O. The van der Waals surface area contributed by atoms with Crippen LogP contribution in [-0.2, 0) is 0 Å². The number of carbonyl (C=O) groups excluding carboxylic acids is 1. The van der Waals surface area contributed by atoms with Crippen molar-refractivity contribution in [3.8, 4) is 0 Å². The first-order valence-corrected chi connectivity index (χ1v) is 5.27. The van der Waals surface area contributed by atoms with Crippen LogP contribution in [-0.4, -0.2) is 17.6 Å². The smallest absolute Gasteiger partial charge is 0.315 e. The van der Waals surface area contributed by atoms with Crippen molar-refractivity contribution >= 4 is 6.03 Å². The Hall–Kier alpha value is -0.730. The largest absolute Gasteiger partial charge is 0.335 e. The standard InChI is InChI=1S/C10H18N2O/c1-10(6-2-3-7-10)12-9(13)11-8-4-5-8/h8H,2-7H2,1H3,(H2,11,12,13). The topological polar surface area (TPSA) is 41.1 Å². The Morgan fingerprint density at radius 1 is 1.31 bits per heavy atom. The molecule has 2 aliphatic carbocycles. The maximum absolute atomic E-state index is 11.4. The summed E-state index contributed by atoms with van der Waals surface area (Å²) in [5.74, 6) is 0. The number of nitrogens with one attached hydrogen (secondary N) is 2. The second-order valence-electron chi connectivity index (χ2n) is 4.64. The highest BCUT2D eigenvalue weighted by Gasteiger charge is 2.31. The lowest BCUT2D eigenvalue weighted by Gasteiger charge is -2.25. The van der Waals surface area contributed by atoms with Crippen LogP contribution in [0.1, 0.15) is 45.4 Å². The van der Waals surface area contributed by atoms with E-state index in [1.807, 2.05) is 0 Å². The lowest BCUT2D eigenvalue weighted by molar-refractivity contribution is 0.227. The molecule has 2 aliphatic rings. The zero-order chi connectivity index (χ0) is 9.31. The second kappa shape index (κ2) is 3.20. The molecule has 3 nitrogen and oxygen atoms in total. The molecule has 2 fully saturated rings. The normalized spacial score (nSPS) is 25.6. The molecule has 0 atom stereocenters. The number of amides is 2. The van der Waals surface area contributed by atoms with Gasteiger partial charge in [-0.05, 0) is 32.6 Å². The summed E-state index contributed by atoms with van der Waals surface area (Å²) >= 11 is 0. The Morgan fingerprint density at radius 2 is 1.92 bits per heavy atom. The molecule has 2 rings (SSSR count). The van der Waals surface area contributed by atoms with Crippen molar-refractivity contribution in [3.63, 3.8) is 0 Å². The number of hydrogen-bond acceptors (Lipinski definition) is 1. The molecule has 2 N–H and O–H groups in total. The van der Waals surface area contributed by atoms with Crippen LogP contribution in [0.3, 0.4) is 0 Å². The van der Waals surface area contributed by atoms with E-state index in [1.165, 1.54) is 12.8 Å². The molecule has 0 spiro atoms. The molecule has 74 valence electrons. The van der Waals surface area contributed by atoms with Gasteiger partial charge in [0.25, 0.3) is 0 Å². The van der Waals surface area contributed by atoms with Crippen molar-refractivity contribution in [2.75, 3.05) is 0 Å². The van der Waals surface area contributed by atoms with Gasteiger partial charge in [-0.3, -0.25) is 0 Å². The van der Waals surface area contributed by atoms with Crippen molar-refractivity contribution in [2.24, 2.45) is 0 Å². The summed E-state index contributed by atoms with van der Waals surface area (Å²) in [6, 6.07) is 0.497. The summed E-state index contributed by atoms with van der Waals surface area (Å²) < 4.78 is 0. The van der Waals surface area contributed by atoms with Gasteiger partial charge in [-0.2, -0.15) is 0 Å². The minimum atomic E-state index is 0.0342. The Kier molecular flexibility index (Phi) is 2.18. The van der Waals surface area contributed by atoms with Crippen LogP contribution in [0.4, 0.5) is 4.79 Å². The molecule has 2 amide bonds. The van der Waals surface area contributed by atoms with E-state index in [0.717, 1.165) is 25.7 Å². The van der Waals surface area contributed by atoms with Gasteiger partial charge in [0.2, 0.25) is 0 Å². The van der Waals surface area contributed by atoms with Crippen LogP contribution in [0.15, 0.2) is 0 Å². The van der Waals surface area contributed by atoms with Crippen molar-refractivity contribution in [1.29, 1.82) is 0 Å². The lowest BCUT2D eigenvalue weighted by atomic mass is 10.0. The quantitative estimate of drug-likeness (QED) is 0.671. The van der Waals surface area contributed by atoms with Gasteiger partial charge in [-0.1, -0.05) is 12.8 Å². The molecule has 0 aliphatic heterocycles. The number of rotatable bonds is 2. The van der Waals surface area contributed by atoms with Crippen LogP contribution in [0.5, 0.6) is 0 Å². The van der Waals surface area contributed by atoms with Crippen LogP contribution >= 0.6 is 0 Å². The lowest BCUT2D eigenvalue weighted by Crippen LogP contribution is -2.49. The molecular weight excluding hydrogens is 164 g/mol. The van der Waals surface area contributed by atoms with Gasteiger partial charge in [0.1, 0.15) is 0 Å². The predicted octanol–water partition coefficient (Wildman–Crippen LogP) is 1.78. The monoisotopic (exact) mass is 182 g/mol. The Labute approximate surface area is 79.3 Å². The van der Waals surface area contributed by atoms with E-state index in [9.17, 15) is 4.79 Å². The Bertz CT molecular complexity index is 205. The molecule has 3 heteroatoms. The molecule has 0 saturated heterocycles. The van der Waals surface area contributed by atoms with Crippen LogP contribution in [0.2, 0.25) is 0 Å². The number of urea groups is 1. The zero-order valence-electron chi connectivity index (χ0n) is 8.23. The molecule has 0 aromatic heterocycles. The van der Waals surface area contributed by atoms with Gasteiger partial charge in [-0.15, -0.1) is 0 Å². The summed E-state index contributed by atoms with van der Waals surface area (Å²) in [6.45, 7) is 2.15. The summed E-state index contributed by atoms with van der Waals surface area (Å²) in [7, 11) is 0. The molecule has 0 radical (unpaired) electrons. The van der Waals surface area contributed by atoms with E-state index in [2.05, 4.69) is 17.6 Å². The minimum absolute atomic E-state index is 0.0342. The molecule has 13 heavy (non-hydrogen) atoms. The van der Waals surface area contributed by atoms with E-state index < -0.39 is 0 Å². The first-order valence-electron chi connectivity index (χ1n) is 5.27. The minimum Gasteiger partial charge on any atom is -0.335 e. The van der Waals surface area contributed by atoms with Crippen LogP contribution < -0.4 is 10.6 Å². The third-order valence-corrected chi connectivity index (χ3v) is 3.03. The summed E-state index contributed by atoms with van der Waals surface area (Å²) in [4.78, 5) is 11.4. The van der Waals surface area contributed by atoms with E-state index in [0.29, 0.717) is 6.04 Å². The second-order valence-corrected chi connectivity index (χ2v) is 4.64. The van der Waals surface area contributed by atoms with Crippen molar-refractivity contribution in [1.82, 2.24) is 10.6 Å². The van der Waals surface area contributed by atoms with Crippen molar-refractivity contribution in [3.05, 3.63) is 0 Å². The maximum atomic E-state index is 11.4. The third-order valence-electron chi connectivity index (χ3n) is 3.03. The fourth-order valence-corrected chi connectivity index (χ4v) is 2.00. The highest BCUT2D eigenvalue weighted by Crippen LogP contribution is 2.28. The Morgan fingerprint density at radius 3 is 2.46 bits per heavy atom. The molecule has 0 bridgehead atoms. The SMILES string of the molecule is CC1(NC(=O)NC2CC2)CCCC1. The van der Waals surface area contributed by atoms with E-state index in [-0.39, 0.29) is 11.6 Å². The summed E-state index contributed by atoms with van der Waals surface area (Å²) in [5, 5.41) is 6.03. The van der Waals surface area contributed by atoms with Crippen LogP contribution in [0.25, 0.3) is 0 Å². The van der Waals surface area contributed by atoms with Crippen molar-refractivity contribution in [2.45, 2.75) is 57.0 Å². The van der Waals surface area contributed by atoms with Gasteiger partial charge in [-0.25, -0.2) is 4.79 Å². The fourth-order valence-electron chi connectivity index (χ4n) is 2.00. The average molecular weight is 182 g/mol. The predicted molar refractivity (Wildman–Crippen MR) is 51.6 cm³/mol. The van der Waals surface area contributed by atoms with Gasteiger partial charge in [0.05, 0.1) is 0 Å². The molecule has 2 saturated carbocycles. The highest BCUT2D eigenvalue weighted by atomic mass is 16.2. The third kappa shape index (κ3) is 2.36. The van der Waals surface area contributed by atoms with Crippen molar-refractivity contribution < 1.29 is 4.79 Å². The molecule has 0 heterocycles. The first-order chi connectivity index (χ1) is 6.18. The average Bonchev–Trinajstić information content (AvgIpc) is 2.74. The Balaban J connectivity index is 1.77. The molecule has 0 aromatic carbocycles. The molecule has 0 aromatic rings.